The first-order valence-electron chi connectivity index (χ1n) is 7.70. The van der Waals surface area contributed by atoms with E-state index in [1.165, 1.54) is 6.33 Å². The molecule has 0 aliphatic carbocycles. The zero-order valence-corrected chi connectivity index (χ0v) is 14.1. The number of hydrogen-bond acceptors (Lipinski definition) is 5. The van der Waals surface area contributed by atoms with Crippen LogP contribution in [0.25, 0.3) is 11.1 Å². The monoisotopic (exact) mass is 355 g/mol. The Balaban J connectivity index is 1.73. The number of carbonyl (C=O) groups is 1. The Bertz CT molecular complexity index is 942. The summed E-state index contributed by atoms with van der Waals surface area (Å²) in [5.41, 5.74) is 3.40. The molecule has 1 N–H and O–H groups in total. The Morgan fingerprint density at radius 2 is 2.20 bits per heavy atom. The molecule has 7 nitrogen and oxygen atoms in total. The van der Waals surface area contributed by atoms with Crippen molar-refractivity contribution in [2.24, 2.45) is 0 Å². The van der Waals surface area contributed by atoms with E-state index in [2.05, 4.69) is 20.2 Å². The minimum atomic E-state index is -0.197. The molecule has 0 unspecified atom stereocenters. The average molecular weight is 356 g/mol. The molecule has 0 radical (unpaired) electrons. The zero-order valence-electron chi connectivity index (χ0n) is 13.4. The van der Waals surface area contributed by atoms with E-state index in [9.17, 15) is 4.79 Å². The van der Waals surface area contributed by atoms with Crippen LogP contribution < -0.4 is 9.64 Å². The van der Waals surface area contributed by atoms with Crippen molar-refractivity contribution in [3.8, 4) is 17.0 Å². The number of carbonyl (C=O) groups excluding carboxylic acids is 1. The summed E-state index contributed by atoms with van der Waals surface area (Å²) in [6.45, 7) is 2.51. The first-order valence-corrected chi connectivity index (χ1v) is 8.08. The number of nitrogens with zero attached hydrogens (tertiary/aromatic N) is 4. The van der Waals surface area contributed by atoms with Crippen molar-refractivity contribution >= 4 is 23.2 Å². The lowest BCUT2D eigenvalue weighted by Crippen LogP contribution is -2.32. The second-order valence-corrected chi connectivity index (χ2v) is 6.00. The Labute approximate surface area is 148 Å². The highest BCUT2D eigenvalue weighted by Crippen LogP contribution is 2.33. The molecule has 8 heteroatoms. The average Bonchev–Trinajstić information content (AvgIpc) is 3.06. The van der Waals surface area contributed by atoms with Gasteiger partial charge in [-0.25, -0.2) is 9.97 Å². The van der Waals surface area contributed by atoms with E-state index in [1.807, 2.05) is 12.1 Å². The number of halogens is 1. The van der Waals surface area contributed by atoms with Gasteiger partial charge in [0, 0.05) is 23.0 Å². The number of aromatic nitrogens is 4. The van der Waals surface area contributed by atoms with E-state index < -0.39 is 0 Å². The summed E-state index contributed by atoms with van der Waals surface area (Å²) < 4.78 is 5.61. The van der Waals surface area contributed by atoms with Gasteiger partial charge in [-0.2, -0.15) is 5.10 Å². The number of ether oxygens (including phenoxy) is 1. The molecule has 0 saturated carbocycles. The first kappa shape index (κ1) is 15.6. The molecule has 1 aliphatic rings. The number of aromatic amines is 1. The molecule has 0 fully saturated rings. The number of anilines is 1. The van der Waals surface area contributed by atoms with Crippen LogP contribution in [0.15, 0.2) is 36.9 Å². The lowest BCUT2D eigenvalue weighted by molar-refractivity contribution is 0.0988. The van der Waals surface area contributed by atoms with Crippen molar-refractivity contribution in [2.75, 3.05) is 18.1 Å². The maximum absolute atomic E-state index is 13.0. The third-order valence-electron chi connectivity index (χ3n) is 4.09. The molecule has 0 spiro atoms. The summed E-state index contributed by atoms with van der Waals surface area (Å²) in [6.07, 6.45) is 4.86. The highest BCUT2D eigenvalue weighted by Gasteiger charge is 2.28. The van der Waals surface area contributed by atoms with Crippen molar-refractivity contribution in [3.63, 3.8) is 0 Å². The van der Waals surface area contributed by atoms with Gasteiger partial charge in [0.2, 0.25) is 5.88 Å². The molecule has 2 aromatic heterocycles. The summed E-state index contributed by atoms with van der Waals surface area (Å²) in [5.74, 6) is 0.124. The molecule has 1 amide bonds. The SMILES string of the molecule is Cc1ncnc2c1C(=O)N(c1ccc(-c3cn[nH]c3)c(Cl)c1)CCO2. The Morgan fingerprint density at radius 1 is 1.32 bits per heavy atom. The van der Waals surface area contributed by atoms with Crippen LogP contribution in [0, 0.1) is 6.92 Å². The smallest absolute Gasteiger partial charge is 0.265 e. The van der Waals surface area contributed by atoms with Crippen molar-refractivity contribution in [3.05, 3.63) is 53.2 Å². The molecular weight excluding hydrogens is 342 g/mol. The molecule has 3 heterocycles. The number of rotatable bonds is 2. The van der Waals surface area contributed by atoms with E-state index in [0.717, 1.165) is 11.1 Å². The van der Waals surface area contributed by atoms with Gasteiger partial charge in [0.25, 0.3) is 5.91 Å². The van der Waals surface area contributed by atoms with Gasteiger partial charge in [-0.15, -0.1) is 0 Å². The second kappa shape index (κ2) is 6.18. The van der Waals surface area contributed by atoms with Crippen LogP contribution >= 0.6 is 11.6 Å². The van der Waals surface area contributed by atoms with Gasteiger partial charge in [0.05, 0.1) is 23.5 Å². The molecule has 0 saturated heterocycles. The number of nitrogens with one attached hydrogen (secondary N) is 1. The largest absolute Gasteiger partial charge is 0.475 e. The predicted octanol–water partition coefficient (Wildman–Crippen LogP) is 2.87. The number of aryl methyl sites for hydroxylation is 1. The number of fused-ring (bicyclic) bond motifs is 1. The van der Waals surface area contributed by atoms with E-state index in [1.54, 1.807) is 30.3 Å². The highest BCUT2D eigenvalue weighted by atomic mass is 35.5. The van der Waals surface area contributed by atoms with Gasteiger partial charge in [-0.1, -0.05) is 17.7 Å². The Morgan fingerprint density at radius 3 is 2.96 bits per heavy atom. The topological polar surface area (TPSA) is 84.0 Å². The lowest BCUT2D eigenvalue weighted by Gasteiger charge is -2.21. The molecule has 1 aliphatic heterocycles. The number of benzene rings is 1. The van der Waals surface area contributed by atoms with Crippen molar-refractivity contribution in [2.45, 2.75) is 6.92 Å². The minimum Gasteiger partial charge on any atom is -0.475 e. The third-order valence-corrected chi connectivity index (χ3v) is 4.40. The van der Waals surface area contributed by atoms with E-state index in [-0.39, 0.29) is 5.91 Å². The fourth-order valence-electron chi connectivity index (χ4n) is 2.83. The van der Waals surface area contributed by atoms with Gasteiger partial charge in [-0.3, -0.25) is 9.89 Å². The van der Waals surface area contributed by atoms with Gasteiger partial charge in [-0.05, 0) is 19.1 Å². The highest BCUT2D eigenvalue weighted by molar-refractivity contribution is 6.33. The predicted molar refractivity (Wildman–Crippen MR) is 93.0 cm³/mol. The minimum absolute atomic E-state index is 0.197. The number of amides is 1. The quantitative estimate of drug-likeness (QED) is 0.764. The van der Waals surface area contributed by atoms with Crippen LogP contribution in [0.4, 0.5) is 5.69 Å². The lowest BCUT2D eigenvalue weighted by atomic mass is 10.1. The third kappa shape index (κ3) is 2.72. The van der Waals surface area contributed by atoms with E-state index >= 15 is 0 Å². The Kier molecular flexibility index (Phi) is 3.85. The van der Waals surface area contributed by atoms with Gasteiger partial charge < -0.3 is 9.64 Å². The van der Waals surface area contributed by atoms with Crippen LogP contribution in [0.3, 0.4) is 0 Å². The van der Waals surface area contributed by atoms with Gasteiger partial charge in [0.1, 0.15) is 18.5 Å². The fraction of sp³-hybridized carbons (Fsp3) is 0.176. The van der Waals surface area contributed by atoms with Crippen LogP contribution in [0.5, 0.6) is 5.88 Å². The summed E-state index contributed by atoms with van der Waals surface area (Å²) in [6, 6.07) is 5.50. The van der Waals surface area contributed by atoms with E-state index in [0.29, 0.717) is 41.0 Å². The maximum atomic E-state index is 13.0. The Hall–Kier alpha value is -2.93. The van der Waals surface area contributed by atoms with Crippen molar-refractivity contribution in [1.29, 1.82) is 0 Å². The molecule has 0 bridgehead atoms. The molecular formula is C17H14ClN5O2. The summed E-state index contributed by atoms with van der Waals surface area (Å²) in [5, 5.41) is 7.23. The van der Waals surface area contributed by atoms with Crippen molar-refractivity contribution < 1.29 is 9.53 Å². The van der Waals surface area contributed by atoms with Crippen LogP contribution in [-0.2, 0) is 0 Å². The normalized spacial score (nSPS) is 14.0. The fourth-order valence-corrected chi connectivity index (χ4v) is 3.11. The zero-order chi connectivity index (χ0) is 17.4. The van der Waals surface area contributed by atoms with Crippen molar-refractivity contribution in [1.82, 2.24) is 20.2 Å². The van der Waals surface area contributed by atoms with Crippen LogP contribution in [0.2, 0.25) is 5.02 Å². The van der Waals surface area contributed by atoms with Crippen LogP contribution in [-0.4, -0.2) is 39.2 Å². The molecule has 3 aromatic rings. The molecule has 25 heavy (non-hydrogen) atoms. The van der Waals surface area contributed by atoms with Gasteiger partial charge >= 0.3 is 0 Å². The second-order valence-electron chi connectivity index (χ2n) is 5.60. The number of hydrogen-bond donors (Lipinski definition) is 1. The number of H-pyrrole nitrogens is 1. The standard InChI is InChI=1S/C17H14ClN5O2/c1-10-15-16(20-9-19-10)25-5-4-23(17(15)24)12-2-3-13(14(18)6-12)11-7-21-22-8-11/h2-3,6-9H,4-5H2,1H3,(H,21,22). The molecule has 4 rings (SSSR count). The van der Waals surface area contributed by atoms with Crippen LogP contribution in [0.1, 0.15) is 16.1 Å². The molecule has 126 valence electrons. The first-order chi connectivity index (χ1) is 12.1. The molecule has 1 aromatic carbocycles. The summed E-state index contributed by atoms with van der Waals surface area (Å²) in [4.78, 5) is 22.8. The molecule has 0 atom stereocenters. The maximum Gasteiger partial charge on any atom is 0.265 e. The summed E-state index contributed by atoms with van der Waals surface area (Å²) in [7, 11) is 0. The summed E-state index contributed by atoms with van der Waals surface area (Å²) >= 11 is 6.42. The van der Waals surface area contributed by atoms with Gasteiger partial charge in [0.15, 0.2) is 0 Å². The van der Waals surface area contributed by atoms with E-state index in [4.69, 9.17) is 16.3 Å².